The van der Waals surface area contributed by atoms with E-state index in [0.717, 1.165) is 57.1 Å². The van der Waals surface area contributed by atoms with Crippen molar-refractivity contribution in [3.05, 3.63) is 58.5 Å². The molecule has 9 rings (SSSR count). The minimum atomic E-state index is -0.764. The minimum Gasteiger partial charge on any atom is -0.492 e. The van der Waals surface area contributed by atoms with Crippen LogP contribution in [0.4, 0.5) is 0 Å². The minimum absolute atomic E-state index is 0.0370. The van der Waals surface area contributed by atoms with Gasteiger partial charge in [0.05, 0.1) is 43.3 Å². The fraction of sp³-hybridized carbons (Fsp3) is 0.667. The van der Waals surface area contributed by atoms with Crippen molar-refractivity contribution >= 4 is 5.97 Å². The molecule has 2 bridgehead atoms. The summed E-state index contributed by atoms with van der Waals surface area (Å²) < 4.78 is 17.7. The highest BCUT2D eigenvalue weighted by Crippen LogP contribution is 2.64. The van der Waals surface area contributed by atoms with E-state index < -0.39 is 29.6 Å². The number of piperidine rings is 2. The van der Waals surface area contributed by atoms with Gasteiger partial charge >= 0.3 is 5.97 Å². The highest BCUT2D eigenvalue weighted by Gasteiger charge is 2.69. The largest absolute Gasteiger partial charge is 0.492 e. The van der Waals surface area contributed by atoms with Crippen molar-refractivity contribution < 1.29 is 34.3 Å². The molecule has 6 aliphatic heterocycles. The smallest absolute Gasteiger partial charge is 0.345 e. The maximum absolute atomic E-state index is 13.0. The molecule has 8 heteroatoms. The molecule has 8 nitrogen and oxygen atoms in total. The summed E-state index contributed by atoms with van der Waals surface area (Å²) in [4.78, 5) is 15.2. The van der Waals surface area contributed by atoms with Crippen LogP contribution >= 0.6 is 0 Å². The van der Waals surface area contributed by atoms with Crippen molar-refractivity contribution in [1.29, 1.82) is 0 Å². The van der Waals surface area contributed by atoms with E-state index in [2.05, 4.69) is 36.1 Å². The number of fused-ring (bicyclic) bond motifs is 4. The first-order valence-electron chi connectivity index (χ1n) is 15.6. The lowest BCUT2D eigenvalue weighted by molar-refractivity contribution is -0.222. The molecular formula is C33H41NO7. The molecule has 0 aromatic rings. The summed E-state index contributed by atoms with van der Waals surface area (Å²) in [6, 6.07) is 0.314. The molecule has 41 heavy (non-hydrogen) atoms. The Morgan fingerprint density at radius 3 is 2.83 bits per heavy atom. The second kappa shape index (κ2) is 9.06. The summed E-state index contributed by atoms with van der Waals surface area (Å²) in [5.74, 6) is 1.42. The van der Waals surface area contributed by atoms with Crippen molar-refractivity contribution in [1.82, 2.24) is 4.90 Å². The molecule has 3 N–H and O–H groups in total. The third-order valence-electron chi connectivity index (χ3n) is 12.1. The van der Waals surface area contributed by atoms with Crippen molar-refractivity contribution in [2.75, 3.05) is 20.3 Å². The zero-order valence-corrected chi connectivity index (χ0v) is 23.9. The SMILES string of the molecule is COC1=C(CO)C(=O)O/C1=C1/OC2=C[C@@H]3C=C[C@]4(CCC[C@@H]5N4[C@H]3C[C@H]3CCC4=CC[C@H](C)C[C@H]4[C@@]35O)[C@H]2[C@@H]1CO. The molecule has 0 amide bonds. The molecule has 1 saturated carbocycles. The topological polar surface area (TPSA) is 109 Å². The average Bonchev–Trinajstić information content (AvgIpc) is 3.43. The predicted molar refractivity (Wildman–Crippen MR) is 148 cm³/mol. The summed E-state index contributed by atoms with van der Waals surface area (Å²) in [5, 5.41) is 33.7. The van der Waals surface area contributed by atoms with Crippen LogP contribution in [0.1, 0.15) is 58.3 Å². The van der Waals surface area contributed by atoms with Gasteiger partial charge in [-0.05, 0) is 69.3 Å². The Hall–Kier alpha value is -2.39. The lowest BCUT2D eigenvalue weighted by atomic mass is 9.52. The summed E-state index contributed by atoms with van der Waals surface area (Å²) in [6.07, 6.45) is 17.5. The maximum atomic E-state index is 13.0. The van der Waals surface area contributed by atoms with Crippen LogP contribution in [0.2, 0.25) is 0 Å². The fourth-order valence-corrected chi connectivity index (χ4v) is 10.5. The van der Waals surface area contributed by atoms with Gasteiger partial charge in [-0.2, -0.15) is 0 Å². The Bertz CT molecular complexity index is 1340. The first-order valence-corrected chi connectivity index (χ1v) is 15.6. The number of cyclic esters (lactones) is 1. The van der Waals surface area contributed by atoms with Crippen LogP contribution in [0.3, 0.4) is 0 Å². The molecule has 9 aliphatic rings. The molecule has 6 heterocycles. The van der Waals surface area contributed by atoms with Crippen LogP contribution in [0, 0.1) is 35.5 Å². The first-order chi connectivity index (χ1) is 19.8. The Labute approximate surface area is 241 Å². The number of hydrogen-bond acceptors (Lipinski definition) is 8. The van der Waals surface area contributed by atoms with Gasteiger partial charge in [-0.15, -0.1) is 0 Å². The molecular weight excluding hydrogens is 522 g/mol. The number of allylic oxidation sites excluding steroid dienone is 1. The number of hydrogen-bond donors (Lipinski definition) is 3. The average molecular weight is 564 g/mol. The van der Waals surface area contributed by atoms with Gasteiger partial charge in [0, 0.05) is 23.9 Å². The maximum Gasteiger partial charge on any atom is 0.345 e. The van der Waals surface area contributed by atoms with Crippen LogP contribution in [0.5, 0.6) is 0 Å². The third-order valence-corrected chi connectivity index (χ3v) is 12.1. The van der Waals surface area contributed by atoms with Crippen molar-refractivity contribution in [2.24, 2.45) is 35.5 Å². The van der Waals surface area contributed by atoms with E-state index in [1.807, 2.05) is 0 Å². The highest BCUT2D eigenvalue weighted by atomic mass is 16.6. The second-order valence-electron chi connectivity index (χ2n) is 13.8. The normalized spacial score (nSPS) is 47.9. The predicted octanol–water partition coefficient (Wildman–Crippen LogP) is 3.47. The van der Waals surface area contributed by atoms with Gasteiger partial charge in [-0.25, -0.2) is 4.79 Å². The summed E-state index contributed by atoms with van der Waals surface area (Å²) in [5.41, 5.74) is 0.338. The highest BCUT2D eigenvalue weighted by molar-refractivity contribution is 5.94. The van der Waals surface area contributed by atoms with E-state index in [1.54, 1.807) is 0 Å². The molecule has 0 radical (unpaired) electrons. The van der Waals surface area contributed by atoms with E-state index in [9.17, 15) is 20.1 Å². The zero-order valence-electron chi connectivity index (χ0n) is 23.9. The van der Waals surface area contributed by atoms with Gasteiger partial charge < -0.3 is 29.5 Å². The van der Waals surface area contributed by atoms with Crippen molar-refractivity contribution in [3.63, 3.8) is 0 Å². The van der Waals surface area contributed by atoms with Crippen molar-refractivity contribution in [2.45, 2.75) is 81.5 Å². The standard InChI is InChI=1S/C33H41NO7/c1-17-5-6-18-7-8-20-14-24-19-9-11-32(10-3-4-26(34(24)32)33(20,38)23(18)12-17)27-21(15-35)29(40-25(27)13-19)30-28(39-2)22(16-36)31(37)41-30/h6,9,11,13,17,19-21,23-24,26-27,35-36,38H,3-5,7-8,10,12,14-16H2,1-2H3/b30-29+/t17-,19-,20+,21-,23+,24-,26-,27-,32+,33-/m0/s1. The van der Waals surface area contributed by atoms with Crippen LogP contribution < -0.4 is 0 Å². The number of methoxy groups -OCH3 is 1. The number of rotatable bonds is 3. The molecule has 4 fully saturated rings. The van der Waals surface area contributed by atoms with Gasteiger partial charge in [0.25, 0.3) is 0 Å². The van der Waals surface area contributed by atoms with Crippen LogP contribution in [-0.2, 0) is 19.0 Å². The number of ether oxygens (including phenoxy) is 3. The summed E-state index contributed by atoms with van der Waals surface area (Å²) >= 11 is 0. The van der Waals surface area contributed by atoms with E-state index in [1.165, 1.54) is 12.7 Å². The lowest BCUT2D eigenvalue weighted by Gasteiger charge is -2.68. The Kier molecular flexibility index (Phi) is 5.80. The monoisotopic (exact) mass is 563 g/mol. The van der Waals surface area contributed by atoms with Gasteiger partial charge in [0.1, 0.15) is 11.3 Å². The van der Waals surface area contributed by atoms with E-state index in [4.69, 9.17) is 14.2 Å². The molecule has 3 aliphatic carbocycles. The molecule has 220 valence electrons. The van der Waals surface area contributed by atoms with Gasteiger partial charge in [-0.1, -0.05) is 30.7 Å². The van der Waals surface area contributed by atoms with E-state index in [-0.39, 0.29) is 59.5 Å². The Morgan fingerprint density at radius 2 is 2.05 bits per heavy atom. The van der Waals surface area contributed by atoms with E-state index >= 15 is 0 Å². The van der Waals surface area contributed by atoms with Crippen LogP contribution in [-0.4, -0.2) is 69.7 Å². The summed E-state index contributed by atoms with van der Waals surface area (Å²) in [6.45, 7) is 1.63. The quantitative estimate of drug-likeness (QED) is 0.354. The number of carbonyl (C=O) groups is 1. The van der Waals surface area contributed by atoms with Gasteiger partial charge in [0.15, 0.2) is 11.5 Å². The second-order valence-corrected chi connectivity index (χ2v) is 13.8. The van der Waals surface area contributed by atoms with Crippen molar-refractivity contribution in [3.8, 4) is 0 Å². The van der Waals surface area contributed by atoms with Crippen LogP contribution in [0.15, 0.2) is 58.5 Å². The number of aliphatic hydroxyl groups is 3. The lowest BCUT2D eigenvalue weighted by Crippen LogP contribution is -2.77. The van der Waals surface area contributed by atoms with E-state index in [0.29, 0.717) is 11.7 Å². The number of aliphatic hydroxyl groups excluding tert-OH is 2. The Morgan fingerprint density at radius 1 is 1.20 bits per heavy atom. The molecule has 3 saturated heterocycles. The Balaban J connectivity index is 1.26. The molecule has 0 aromatic carbocycles. The van der Waals surface area contributed by atoms with Gasteiger partial charge in [-0.3, -0.25) is 4.90 Å². The number of esters is 1. The molecule has 0 aromatic heterocycles. The van der Waals surface area contributed by atoms with Gasteiger partial charge in [0.2, 0.25) is 5.76 Å². The van der Waals surface area contributed by atoms with Crippen LogP contribution in [0.25, 0.3) is 0 Å². The molecule has 10 atom stereocenters. The molecule has 0 unspecified atom stereocenters. The number of carbonyl (C=O) groups excluding carboxylic acids is 1. The zero-order chi connectivity index (χ0) is 28.3. The molecule has 1 spiro atoms. The number of nitrogens with zero attached hydrogens (tertiary/aromatic N) is 1. The third kappa shape index (κ3) is 3.28. The fourth-order valence-electron chi connectivity index (χ4n) is 10.5. The summed E-state index contributed by atoms with van der Waals surface area (Å²) in [7, 11) is 1.44. The first kappa shape index (κ1) is 26.3.